The molecule has 0 spiro atoms. The van der Waals surface area contributed by atoms with Crippen LogP contribution in [0.25, 0.3) is 11.1 Å². The molecule has 3 heterocycles. The zero-order valence-corrected chi connectivity index (χ0v) is 26.8. The summed E-state index contributed by atoms with van der Waals surface area (Å²) >= 11 is 0.927. The number of nitrogens with zero attached hydrogens (tertiary/aromatic N) is 5. The number of anilines is 1. The summed E-state index contributed by atoms with van der Waals surface area (Å²) < 4.78 is 59.6. The predicted octanol–water partition coefficient (Wildman–Crippen LogP) is -0.401. The second-order valence-electron chi connectivity index (χ2n) is 10.7. The van der Waals surface area contributed by atoms with E-state index < -0.39 is 64.0 Å². The van der Waals surface area contributed by atoms with Crippen LogP contribution in [0.15, 0.2) is 41.1 Å². The maximum Gasteiger partial charge on any atom is 0.418 e. The summed E-state index contributed by atoms with van der Waals surface area (Å²) in [7, 11) is -3.23. The molecule has 0 saturated carbocycles. The lowest BCUT2D eigenvalue weighted by Gasteiger charge is -2.50. The molecule has 1 aliphatic rings. The summed E-state index contributed by atoms with van der Waals surface area (Å²) in [6.45, 7) is 3.17. The highest BCUT2D eigenvalue weighted by molar-refractivity contribution is 7.80. The van der Waals surface area contributed by atoms with E-state index in [9.17, 15) is 27.9 Å². The molecule has 0 unspecified atom stereocenters. The summed E-state index contributed by atoms with van der Waals surface area (Å²) in [5, 5.41) is 17.4. The Kier molecular flexibility index (Phi) is 10.4. The Bertz CT molecular complexity index is 1810. The SMILES string of the molecule is C[n+]1cc(-c2ccc(OC[C@H](O/N=C(\C(=O)N[C@@H]3C(=O)N(OS(=O)(=O)O)C3(C)C)c3csc(N)n3)C(=O)O)cc2F)cn1CCCN. The molecular weight excluding hydrogens is 667 g/mol. The van der Waals surface area contributed by atoms with Crippen molar-refractivity contribution in [3.8, 4) is 16.9 Å². The summed E-state index contributed by atoms with van der Waals surface area (Å²) in [4.78, 5) is 46.7. The van der Waals surface area contributed by atoms with E-state index in [0.29, 0.717) is 23.7 Å². The molecule has 4 rings (SSSR count). The van der Waals surface area contributed by atoms with Crippen LogP contribution in [0.5, 0.6) is 5.75 Å². The smallest absolute Gasteiger partial charge is 0.418 e. The van der Waals surface area contributed by atoms with Crippen molar-refractivity contribution in [2.45, 2.75) is 44.5 Å². The number of aryl methyl sites for hydroxylation is 2. The molecule has 0 aliphatic carbocycles. The van der Waals surface area contributed by atoms with Gasteiger partial charge < -0.3 is 31.5 Å². The van der Waals surface area contributed by atoms with Gasteiger partial charge in [-0.2, -0.15) is 18.2 Å². The number of nitrogens with one attached hydrogen (secondary N) is 1. The van der Waals surface area contributed by atoms with Gasteiger partial charge in [0.15, 0.2) is 17.9 Å². The first-order chi connectivity index (χ1) is 22.0. The number of carbonyl (C=O) groups is 3. The molecule has 3 aromatic rings. The van der Waals surface area contributed by atoms with Crippen LogP contribution in [0.2, 0.25) is 0 Å². The third-order valence-electron chi connectivity index (χ3n) is 6.91. The van der Waals surface area contributed by atoms with E-state index in [1.165, 1.54) is 31.4 Å². The molecule has 21 heteroatoms. The number of ether oxygens (including phenoxy) is 1. The van der Waals surface area contributed by atoms with Crippen LogP contribution in [0, 0.1) is 5.82 Å². The quantitative estimate of drug-likeness (QED) is 0.0446. The molecule has 1 aliphatic heterocycles. The minimum absolute atomic E-state index is 0.00958. The monoisotopic (exact) mass is 699 g/mol. The third-order valence-corrected chi connectivity index (χ3v) is 7.92. The molecule has 2 amide bonds. The molecule has 254 valence electrons. The number of oxime groups is 1. The average molecular weight is 700 g/mol. The number of aliphatic carboxylic acids is 1. The second-order valence-corrected chi connectivity index (χ2v) is 12.6. The molecule has 47 heavy (non-hydrogen) atoms. The first kappa shape index (κ1) is 35.2. The Hall–Kier alpha value is -4.70. The largest absolute Gasteiger partial charge is 0.489 e. The number of rotatable bonds is 15. The zero-order valence-electron chi connectivity index (χ0n) is 25.2. The van der Waals surface area contributed by atoms with Gasteiger partial charge in [0.2, 0.25) is 6.20 Å². The Labute approximate surface area is 271 Å². The number of nitrogens with two attached hydrogens (primary N) is 2. The van der Waals surface area contributed by atoms with Crippen molar-refractivity contribution in [3.63, 3.8) is 0 Å². The van der Waals surface area contributed by atoms with Crippen molar-refractivity contribution < 1.29 is 55.4 Å². The molecule has 0 radical (unpaired) electrons. The maximum atomic E-state index is 15.0. The van der Waals surface area contributed by atoms with Crippen LogP contribution < -0.4 is 26.2 Å². The topological polar surface area (TPSA) is 255 Å². The van der Waals surface area contributed by atoms with E-state index in [-0.39, 0.29) is 22.1 Å². The molecule has 7 N–H and O–H groups in total. The van der Waals surface area contributed by atoms with E-state index in [1.54, 1.807) is 17.1 Å². The van der Waals surface area contributed by atoms with Gasteiger partial charge in [-0.3, -0.25) is 14.1 Å². The number of amides is 2. The van der Waals surface area contributed by atoms with Crippen molar-refractivity contribution in [1.29, 1.82) is 0 Å². The predicted molar refractivity (Wildman–Crippen MR) is 161 cm³/mol. The highest BCUT2D eigenvalue weighted by Gasteiger charge is 2.58. The van der Waals surface area contributed by atoms with Gasteiger partial charge in [-0.15, -0.1) is 20.3 Å². The fraction of sp³-hybridized carbons (Fsp3) is 0.385. The van der Waals surface area contributed by atoms with E-state index >= 15 is 4.39 Å². The van der Waals surface area contributed by atoms with Crippen molar-refractivity contribution in [1.82, 2.24) is 20.0 Å². The van der Waals surface area contributed by atoms with Crippen molar-refractivity contribution in [2.75, 3.05) is 18.9 Å². The fourth-order valence-corrected chi connectivity index (χ4v) is 5.45. The summed E-state index contributed by atoms with van der Waals surface area (Å²) in [6, 6.07) is 2.64. The van der Waals surface area contributed by atoms with Crippen molar-refractivity contribution in [2.24, 2.45) is 17.9 Å². The first-order valence-electron chi connectivity index (χ1n) is 13.7. The maximum absolute atomic E-state index is 15.0. The molecule has 18 nitrogen and oxygen atoms in total. The van der Waals surface area contributed by atoms with Crippen molar-refractivity contribution >= 4 is 50.4 Å². The van der Waals surface area contributed by atoms with Gasteiger partial charge in [0.25, 0.3) is 17.9 Å². The van der Waals surface area contributed by atoms with E-state index in [0.717, 1.165) is 23.8 Å². The van der Waals surface area contributed by atoms with Crippen LogP contribution in [-0.4, -0.2) is 87.1 Å². The minimum Gasteiger partial charge on any atom is -0.489 e. The summed E-state index contributed by atoms with van der Waals surface area (Å²) in [5.41, 5.74) is 9.97. The molecule has 2 atom stereocenters. The lowest BCUT2D eigenvalue weighted by Crippen LogP contribution is -2.76. The first-order valence-corrected chi connectivity index (χ1v) is 15.9. The van der Waals surface area contributed by atoms with Crippen LogP contribution in [0.1, 0.15) is 26.0 Å². The fourth-order valence-electron chi connectivity index (χ4n) is 4.45. The van der Waals surface area contributed by atoms with E-state index in [4.69, 9.17) is 25.6 Å². The number of hydrogen-bond acceptors (Lipinski definition) is 13. The van der Waals surface area contributed by atoms with Gasteiger partial charge in [-0.1, -0.05) is 5.16 Å². The Balaban J connectivity index is 1.47. The van der Waals surface area contributed by atoms with E-state index in [2.05, 4.69) is 19.7 Å². The number of carboxylic acids is 1. The number of carboxylic acid groups (broad SMARTS) is 1. The Morgan fingerprint density at radius 2 is 2.06 bits per heavy atom. The number of thiazole rings is 1. The Morgan fingerprint density at radius 3 is 2.64 bits per heavy atom. The minimum atomic E-state index is -5.04. The van der Waals surface area contributed by atoms with E-state index in [1.807, 2.05) is 11.7 Å². The number of benzene rings is 1. The van der Waals surface area contributed by atoms with Gasteiger partial charge in [0.1, 0.15) is 29.9 Å². The van der Waals surface area contributed by atoms with Gasteiger partial charge in [-0.25, -0.2) is 14.2 Å². The van der Waals surface area contributed by atoms with Crippen LogP contribution in [0.4, 0.5) is 9.52 Å². The summed E-state index contributed by atoms with van der Waals surface area (Å²) in [5.74, 6) is -4.26. The standard InChI is InChI=1S/C26H31FN8O10S2/c1-26(2)21(23(37)35(26)45-47(40,41)42)31-22(36)20(18-13-46-25(29)30-18)32-44-19(24(38)39)12-43-15-5-6-16(17(27)9-15)14-10-33(3)34(11-14)8-4-7-28/h5-6,9-11,13,19,21H,4,7-8,12,28H2,1-3H3,(H4-,29,30,31,36,38,39,40,41,42)/p+1/b32-20-/t19-,21+/m0/s1. The lowest BCUT2D eigenvalue weighted by molar-refractivity contribution is -0.753. The molecule has 2 aromatic heterocycles. The van der Waals surface area contributed by atoms with Gasteiger partial charge >= 0.3 is 16.4 Å². The Morgan fingerprint density at radius 1 is 1.34 bits per heavy atom. The number of hydroxylamine groups is 2. The lowest BCUT2D eigenvalue weighted by atomic mass is 9.84. The average Bonchev–Trinajstić information content (AvgIpc) is 3.58. The number of nitrogen functional groups attached to an aromatic ring is 1. The van der Waals surface area contributed by atoms with Gasteiger partial charge in [0.05, 0.1) is 23.8 Å². The number of aromatic nitrogens is 3. The number of halogens is 1. The molecule has 1 saturated heterocycles. The molecule has 0 bridgehead atoms. The normalized spacial score (nSPS) is 16.8. The second kappa shape index (κ2) is 14.0. The van der Waals surface area contributed by atoms with Crippen LogP contribution in [0.3, 0.4) is 0 Å². The molecule has 1 fully saturated rings. The van der Waals surface area contributed by atoms with Gasteiger partial charge in [0, 0.05) is 17.0 Å². The summed E-state index contributed by atoms with van der Waals surface area (Å²) in [6.07, 6.45) is 2.46. The highest BCUT2D eigenvalue weighted by Crippen LogP contribution is 2.33. The molecular formula is C26H32FN8O10S2+. The third kappa shape index (κ3) is 8.18. The number of carbonyl (C=O) groups excluding carboxylic acids is 2. The number of hydrogen-bond donors (Lipinski definition) is 5. The van der Waals surface area contributed by atoms with Crippen LogP contribution in [-0.2, 0) is 47.5 Å². The highest BCUT2D eigenvalue weighted by atomic mass is 32.3. The number of β-lactam (4-membered cyclic amide) rings is 1. The van der Waals surface area contributed by atoms with Crippen molar-refractivity contribution in [3.05, 3.63) is 47.5 Å². The zero-order chi connectivity index (χ0) is 34.7. The molecule has 1 aromatic carbocycles. The van der Waals surface area contributed by atoms with Crippen LogP contribution >= 0.6 is 11.3 Å². The van der Waals surface area contributed by atoms with Gasteiger partial charge in [-0.05, 0) is 38.9 Å².